The van der Waals surface area contributed by atoms with E-state index in [-0.39, 0.29) is 0 Å². The second-order valence-electron chi connectivity index (χ2n) is 2.95. The first kappa shape index (κ1) is 15.6. The molecule has 0 amide bonds. The molecule has 18 heavy (non-hydrogen) atoms. The third-order valence-corrected chi connectivity index (χ3v) is 3.23. The number of rotatable bonds is 1. The van der Waals surface area contributed by atoms with E-state index in [0.29, 0.717) is 20.3 Å². The summed E-state index contributed by atoms with van der Waals surface area (Å²) in [4.78, 5) is 17.8. The second kappa shape index (κ2) is 7.84. The monoisotopic (exact) mass is 410 g/mol. The number of halogens is 4. The minimum atomic E-state index is 0.324. The van der Waals surface area contributed by atoms with Crippen LogP contribution in [0.2, 0.25) is 10.3 Å². The van der Waals surface area contributed by atoms with Crippen LogP contribution >= 0.6 is 55.1 Å². The van der Waals surface area contributed by atoms with Gasteiger partial charge < -0.3 is 0 Å². The third kappa shape index (κ3) is 5.44. The molecular formula is C11H6Br2Cl2N2O. The van der Waals surface area contributed by atoms with Crippen LogP contribution < -0.4 is 0 Å². The third-order valence-electron chi connectivity index (χ3n) is 1.67. The van der Waals surface area contributed by atoms with Crippen molar-refractivity contribution in [1.82, 2.24) is 9.97 Å². The highest BCUT2D eigenvalue weighted by Gasteiger charge is 1.98. The Morgan fingerprint density at radius 1 is 1.06 bits per heavy atom. The lowest BCUT2D eigenvalue weighted by molar-refractivity contribution is 0.112. The molecule has 0 aromatic carbocycles. The Labute approximate surface area is 131 Å². The summed E-state index contributed by atoms with van der Waals surface area (Å²) in [5.74, 6) is 0. The van der Waals surface area contributed by atoms with Gasteiger partial charge >= 0.3 is 0 Å². The van der Waals surface area contributed by atoms with Gasteiger partial charge in [0.05, 0.1) is 0 Å². The first-order valence-corrected chi connectivity index (χ1v) is 6.90. The fourth-order valence-corrected chi connectivity index (χ4v) is 1.70. The first-order chi connectivity index (χ1) is 8.52. The fraction of sp³-hybridized carbons (Fsp3) is 0. The summed E-state index contributed by atoms with van der Waals surface area (Å²) < 4.78 is 1.61. The molecule has 0 saturated carbocycles. The molecule has 2 heterocycles. The molecule has 0 radical (unpaired) electrons. The Bertz CT molecular complexity index is 514. The molecule has 94 valence electrons. The topological polar surface area (TPSA) is 42.9 Å². The van der Waals surface area contributed by atoms with Crippen LogP contribution in [0.4, 0.5) is 0 Å². The zero-order valence-electron chi connectivity index (χ0n) is 8.78. The molecule has 0 aliphatic rings. The maximum atomic E-state index is 10.3. The normalized spacial score (nSPS) is 9.33. The van der Waals surface area contributed by atoms with Gasteiger partial charge in [-0.05, 0) is 50.1 Å². The summed E-state index contributed by atoms with van der Waals surface area (Å²) in [6.07, 6.45) is 3.87. The zero-order chi connectivity index (χ0) is 13.5. The highest BCUT2D eigenvalue weighted by atomic mass is 79.9. The van der Waals surface area contributed by atoms with Crippen molar-refractivity contribution in [3.8, 4) is 0 Å². The molecule has 0 spiro atoms. The summed E-state index contributed by atoms with van der Waals surface area (Å²) in [6.45, 7) is 0. The lowest BCUT2D eigenvalue weighted by Gasteiger charge is -1.93. The highest BCUT2D eigenvalue weighted by Crippen LogP contribution is 2.16. The van der Waals surface area contributed by atoms with Crippen LogP contribution in [0.3, 0.4) is 0 Å². The molecule has 0 saturated heterocycles. The molecule has 0 bridgehead atoms. The van der Waals surface area contributed by atoms with Gasteiger partial charge in [-0.2, -0.15) is 0 Å². The van der Waals surface area contributed by atoms with Crippen molar-refractivity contribution in [3.05, 3.63) is 55.4 Å². The smallest absolute Gasteiger partial charge is 0.151 e. The quantitative estimate of drug-likeness (QED) is 0.498. The lowest BCUT2D eigenvalue weighted by Crippen LogP contribution is -1.83. The van der Waals surface area contributed by atoms with E-state index in [1.807, 2.05) is 6.07 Å². The van der Waals surface area contributed by atoms with Crippen LogP contribution in [0.25, 0.3) is 0 Å². The van der Waals surface area contributed by atoms with E-state index in [0.717, 1.165) is 10.8 Å². The molecule has 2 rings (SSSR count). The number of hydrogen-bond donors (Lipinski definition) is 0. The minimum absolute atomic E-state index is 0.324. The van der Waals surface area contributed by atoms with Crippen molar-refractivity contribution < 1.29 is 4.79 Å². The summed E-state index contributed by atoms with van der Waals surface area (Å²) >= 11 is 17.3. The molecule has 3 nitrogen and oxygen atoms in total. The highest BCUT2D eigenvalue weighted by molar-refractivity contribution is 9.10. The van der Waals surface area contributed by atoms with Gasteiger partial charge in [-0.1, -0.05) is 23.2 Å². The average molecular weight is 413 g/mol. The van der Waals surface area contributed by atoms with Crippen molar-refractivity contribution in [1.29, 1.82) is 0 Å². The fourth-order valence-electron chi connectivity index (χ4n) is 0.875. The van der Waals surface area contributed by atoms with Crippen LogP contribution in [0.15, 0.2) is 39.5 Å². The van der Waals surface area contributed by atoms with Gasteiger partial charge in [0.15, 0.2) is 6.29 Å². The van der Waals surface area contributed by atoms with Crippen LogP contribution in [-0.2, 0) is 0 Å². The number of carbonyl (C=O) groups excluding carboxylic acids is 1. The number of pyridine rings is 2. The van der Waals surface area contributed by atoms with E-state index in [1.165, 1.54) is 12.3 Å². The average Bonchev–Trinajstić information content (AvgIpc) is 2.37. The van der Waals surface area contributed by atoms with Gasteiger partial charge in [0.2, 0.25) is 0 Å². The van der Waals surface area contributed by atoms with Gasteiger partial charge in [0, 0.05) is 26.9 Å². The summed E-state index contributed by atoms with van der Waals surface area (Å²) in [7, 11) is 0. The maximum absolute atomic E-state index is 10.3. The predicted octanol–water partition coefficient (Wildman–Crippen LogP) is 4.81. The molecule has 2 aromatic rings. The number of nitrogens with zero attached hydrogens (tertiary/aromatic N) is 2. The lowest BCUT2D eigenvalue weighted by atomic mass is 10.3. The van der Waals surface area contributed by atoms with Gasteiger partial charge in [0.1, 0.15) is 10.3 Å². The van der Waals surface area contributed by atoms with E-state index in [4.69, 9.17) is 23.2 Å². The van der Waals surface area contributed by atoms with Crippen molar-refractivity contribution in [3.63, 3.8) is 0 Å². The summed E-state index contributed by atoms with van der Waals surface area (Å²) in [6, 6.07) is 5.07. The Balaban J connectivity index is 0.000000184. The maximum Gasteiger partial charge on any atom is 0.151 e. The molecule has 0 atom stereocenters. The van der Waals surface area contributed by atoms with E-state index in [9.17, 15) is 4.79 Å². The number of aldehydes is 1. The van der Waals surface area contributed by atoms with Crippen molar-refractivity contribution in [2.24, 2.45) is 0 Å². The van der Waals surface area contributed by atoms with Crippen molar-refractivity contribution in [2.45, 2.75) is 0 Å². The van der Waals surface area contributed by atoms with Gasteiger partial charge in [-0.15, -0.1) is 0 Å². The van der Waals surface area contributed by atoms with Crippen molar-refractivity contribution >= 4 is 61.3 Å². The standard InChI is InChI=1S/C6H3BrClNO.C5H3BrClN/c7-5-2-9-6(8)1-4(5)3-10;6-4-1-2-5(7)8-3-4/h1-3H;1-3H. The largest absolute Gasteiger partial charge is 0.298 e. The van der Waals surface area contributed by atoms with E-state index in [2.05, 4.69) is 41.8 Å². The summed E-state index contributed by atoms with van der Waals surface area (Å²) in [5, 5.41) is 0.846. The van der Waals surface area contributed by atoms with Crippen molar-refractivity contribution in [2.75, 3.05) is 0 Å². The molecule has 0 aliphatic carbocycles. The van der Waals surface area contributed by atoms with Gasteiger partial charge in [0.25, 0.3) is 0 Å². The number of hydrogen-bond acceptors (Lipinski definition) is 3. The molecule has 0 fully saturated rings. The molecular weight excluding hydrogens is 407 g/mol. The number of aromatic nitrogens is 2. The Kier molecular flexibility index (Phi) is 6.78. The Morgan fingerprint density at radius 2 is 1.72 bits per heavy atom. The minimum Gasteiger partial charge on any atom is -0.298 e. The van der Waals surface area contributed by atoms with Crippen LogP contribution in [-0.4, -0.2) is 16.3 Å². The molecule has 2 aromatic heterocycles. The number of carbonyl (C=O) groups is 1. The van der Waals surface area contributed by atoms with Crippen LogP contribution in [0, 0.1) is 0 Å². The zero-order valence-corrected chi connectivity index (χ0v) is 13.5. The van der Waals surface area contributed by atoms with Gasteiger partial charge in [-0.3, -0.25) is 4.79 Å². The Hall–Kier alpha value is -0.490. The molecule has 7 heteroatoms. The predicted molar refractivity (Wildman–Crippen MR) is 79.3 cm³/mol. The Morgan fingerprint density at radius 3 is 2.17 bits per heavy atom. The van der Waals surface area contributed by atoms with E-state index >= 15 is 0 Å². The van der Waals surface area contributed by atoms with E-state index in [1.54, 1.807) is 12.3 Å². The van der Waals surface area contributed by atoms with E-state index < -0.39 is 0 Å². The molecule has 0 unspecified atom stereocenters. The SMILES string of the molecule is Clc1ccc(Br)cn1.O=Cc1cc(Cl)ncc1Br. The molecule has 0 aliphatic heterocycles. The second-order valence-corrected chi connectivity index (χ2v) is 5.49. The van der Waals surface area contributed by atoms with Crippen LogP contribution in [0.5, 0.6) is 0 Å². The summed E-state index contributed by atoms with van der Waals surface area (Å²) in [5.41, 5.74) is 0.514. The molecule has 0 N–H and O–H groups in total. The van der Waals surface area contributed by atoms with Crippen LogP contribution in [0.1, 0.15) is 10.4 Å². The van der Waals surface area contributed by atoms with Gasteiger partial charge in [-0.25, -0.2) is 9.97 Å². The first-order valence-electron chi connectivity index (χ1n) is 4.56.